The molecule has 1 aliphatic carbocycles. The van der Waals surface area contributed by atoms with Gasteiger partial charge >= 0.3 is 18.3 Å². The lowest BCUT2D eigenvalue weighted by Crippen LogP contribution is -2.42. The summed E-state index contributed by atoms with van der Waals surface area (Å²) in [6, 6.07) is 10.5. The normalized spacial score (nSPS) is 15.8. The van der Waals surface area contributed by atoms with Crippen molar-refractivity contribution >= 4 is 23.1 Å². The second kappa shape index (κ2) is 12.7. The number of pyridine rings is 1. The summed E-state index contributed by atoms with van der Waals surface area (Å²) < 4.78 is 86.5. The van der Waals surface area contributed by atoms with Gasteiger partial charge in [0.1, 0.15) is 0 Å². The third-order valence-electron chi connectivity index (χ3n) is 8.36. The number of methoxy groups -OCH3 is 1. The van der Waals surface area contributed by atoms with Gasteiger partial charge in [0, 0.05) is 19.0 Å². The number of benzene rings is 2. The van der Waals surface area contributed by atoms with Crippen LogP contribution >= 0.6 is 0 Å². The van der Waals surface area contributed by atoms with E-state index in [1.807, 2.05) is 43.3 Å². The Hall–Kier alpha value is -4.15. The topological polar surface area (TPSA) is 59.5 Å². The van der Waals surface area contributed by atoms with E-state index in [0.29, 0.717) is 48.3 Å². The van der Waals surface area contributed by atoms with Crippen LogP contribution in [0, 0.1) is 12.8 Å². The Balaban J connectivity index is 1.76. The van der Waals surface area contributed by atoms with Crippen molar-refractivity contribution < 1.29 is 40.7 Å². The van der Waals surface area contributed by atoms with Crippen LogP contribution in [0.4, 0.5) is 32.0 Å². The van der Waals surface area contributed by atoms with Gasteiger partial charge in [-0.1, -0.05) is 30.3 Å². The highest BCUT2D eigenvalue weighted by molar-refractivity contribution is 6.03. The van der Waals surface area contributed by atoms with E-state index in [9.17, 15) is 35.9 Å². The minimum atomic E-state index is -5.05. The predicted molar refractivity (Wildman–Crippen MR) is 159 cm³/mol. The molecule has 0 N–H and O–H groups in total. The molecule has 11 heteroatoms. The molecule has 0 aliphatic heterocycles. The van der Waals surface area contributed by atoms with Gasteiger partial charge in [-0.15, -0.1) is 0 Å². The van der Waals surface area contributed by atoms with Crippen molar-refractivity contribution in [1.29, 1.82) is 0 Å². The first-order valence-corrected chi connectivity index (χ1v) is 14.3. The van der Waals surface area contributed by atoms with Crippen molar-refractivity contribution in [3.8, 4) is 11.1 Å². The molecule has 3 aromatic rings. The van der Waals surface area contributed by atoms with Gasteiger partial charge in [0.05, 0.1) is 41.2 Å². The lowest BCUT2D eigenvalue weighted by molar-refractivity contribution is -0.144. The Morgan fingerprint density at radius 2 is 1.53 bits per heavy atom. The summed E-state index contributed by atoms with van der Waals surface area (Å²) in [7, 11) is 2.78. The summed E-state index contributed by atoms with van der Waals surface area (Å²) in [4.78, 5) is 31.5. The van der Waals surface area contributed by atoms with Crippen molar-refractivity contribution in [3.63, 3.8) is 0 Å². The second-order valence-corrected chi connectivity index (χ2v) is 11.8. The van der Waals surface area contributed by atoms with Crippen molar-refractivity contribution in [2.75, 3.05) is 19.1 Å². The highest BCUT2D eigenvalue weighted by Crippen LogP contribution is 2.42. The number of carbonyl (C=O) groups excluding carboxylic acids is 2. The van der Waals surface area contributed by atoms with E-state index in [-0.39, 0.29) is 18.0 Å². The van der Waals surface area contributed by atoms with Gasteiger partial charge in [0.25, 0.3) is 0 Å². The number of aryl methyl sites for hydroxylation is 1. The van der Waals surface area contributed by atoms with Gasteiger partial charge in [-0.25, -0.2) is 0 Å². The summed E-state index contributed by atoms with van der Waals surface area (Å²) in [5.74, 6) is -0.838. The molecule has 1 unspecified atom stereocenters. The zero-order chi connectivity index (χ0) is 33.3. The summed E-state index contributed by atoms with van der Waals surface area (Å²) in [6.45, 7) is 4.49. The number of anilines is 1. The average molecular weight is 633 g/mol. The van der Waals surface area contributed by atoms with Crippen LogP contribution in [0.1, 0.15) is 67.5 Å². The Labute approximate surface area is 257 Å². The van der Waals surface area contributed by atoms with Crippen molar-refractivity contribution in [3.05, 3.63) is 88.8 Å². The van der Waals surface area contributed by atoms with Gasteiger partial charge in [-0.2, -0.15) is 26.3 Å². The fourth-order valence-electron chi connectivity index (χ4n) is 5.58. The van der Waals surface area contributed by atoms with E-state index in [2.05, 4.69) is 4.98 Å². The van der Waals surface area contributed by atoms with Crippen LogP contribution in [0.5, 0.6) is 0 Å². The number of rotatable bonds is 7. The largest absolute Gasteiger partial charge is 0.469 e. The molecule has 240 valence electrons. The van der Waals surface area contributed by atoms with Gasteiger partial charge < -0.3 is 9.64 Å². The third kappa shape index (κ3) is 7.40. The molecule has 1 aliphatic rings. The van der Waals surface area contributed by atoms with E-state index in [0.717, 1.165) is 23.1 Å². The second-order valence-electron chi connectivity index (χ2n) is 11.8. The highest BCUT2D eigenvalue weighted by Gasteiger charge is 2.41. The van der Waals surface area contributed by atoms with Gasteiger partial charge in [0.2, 0.25) is 5.91 Å². The molecular formula is C34H34F6N2O3. The Bertz CT molecular complexity index is 1590. The minimum Gasteiger partial charge on any atom is -0.469 e. The molecule has 0 saturated carbocycles. The van der Waals surface area contributed by atoms with Gasteiger partial charge in [0.15, 0.2) is 0 Å². The lowest BCUT2D eigenvalue weighted by atomic mass is 9.81. The maximum absolute atomic E-state index is 14.0. The molecule has 2 aromatic carbocycles. The molecule has 1 atom stereocenters. The first-order valence-electron chi connectivity index (χ1n) is 14.3. The zero-order valence-electron chi connectivity index (χ0n) is 25.6. The lowest BCUT2D eigenvalue weighted by Gasteiger charge is -2.32. The van der Waals surface area contributed by atoms with E-state index in [1.54, 1.807) is 0 Å². The molecule has 4 rings (SSSR count). The Kier molecular flexibility index (Phi) is 9.51. The predicted octanol–water partition coefficient (Wildman–Crippen LogP) is 8.78. The number of hydrogen-bond donors (Lipinski definition) is 0. The minimum absolute atomic E-state index is 0.0459. The van der Waals surface area contributed by atoms with Gasteiger partial charge in [-0.3, -0.25) is 14.6 Å². The number of esters is 1. The average Bonchev–Trinajstić information content (AvgIpc) is 2.99. The number of carbonyl (C=O) groups is 2. The number of alkyl halides is 6. The highest BCUT2D eigenvalue weighted by atomic mass is 19.4. The molecule has 45 heavy (non-hydrogen) atoms. The molecule has 0 spiro atoms. The van der Waals surface area contributed by atoms with Crippen LogP contribution < -0.4 is 4.90 Å². The van der Waals surface area contributed by atoms with Crippen molar-refractivity contribution in [1.82, 2.24) is 4.98 Å². The smallest absolute Gasteiger partial charge is 0.416 e. The molecule has 1 amide bonds. The van der Waals surface area contributed by atoms with E-state index in [4.69, 9.17) is 4.74 Å². The number of nitrogens with zero attached hydrogens (tertiary/aromatic N) is 2. The van der Waals surface area contributed by atoms with E-state index in [1.165, 1.54) is 39.1 Å². The molecule has 0 bridgehead atoms. The van der Waals surface area contributed by atoms with Crippen LogP contribution in [0.25, 0.3) is 16.7 Å². The number of ether oxygens (including phenoxy) is 1. The molecule has 0 fully saturated rings. The number of likely N-dealkylation sites (N-methyl/N-ethyl adjacent to an activating group) is 1. The maximum Gasteiger partial charge on any atom is 0.416 e. The van der Waals surface area contributed by atoms with Crippen molar-refractivity contribution in [2.24, 2.45) is 5.92 Å². The number of halogens is 6. The van der Waals surface area contributed by atoms with Crippen molar-refractivity contribution in [2.45, 2.75) is 64.2 Å². The van der Waals surface area contributed by atoms with Crippen LogP contribution in [-0.2, 0) is 32.1 Å². The Morgan fingerprint density at radius 3 is 2.07 bits per heavy atom. The summed E-state index contributed by atoms with van der Waals surface area (Å²) in [5.41, 5.74) is -0.899. The SMILES string of the molecule is COC(=O)CC1CC=C(c2cc(-c3ccccc3C)c(N(C)C(=O)C(C)(C)c3cc(C(F)(F)F)cc(C(F)(F)F)c3)cn2)CC1. The third-order valence-corrected chi connectivity index (χ3v) is 8.36. The number of hydrogen-bond acceptors (Lipinski definition) is 4. The molecule has 1 heterocycles. The Morgan fingerprint density at radius 1 is 0.933 bits per heavy atom. The summed E-state index contributed by atoms with van der Waals surface area (Å²) in [6.07, 6.45) is -4.16. The molecular weight excluding hydrogens is 598 g/mol. The molecule has 1 aromatic heterocycles. The molecule has 0 radical (unpaired) electrons. The number of allylic oxidation sites excluding steroid dienone is 2. The quantitative estimate of drug-likeness (QED) is 0.193. The van der Waals surface area contributed by atoms with Crippen LogP contribution in [0.3, 0.4) is 0 Å². The fraction of sp³-hybridized carbons (Fsp3) is 0.382. The summed E-state index contributed by atoms with van der Waals surface area (Å²) in [5, 5.41) is 0. The fourth-order valence-corrected chi connectivity index (χ4v) is 5.58. The first-order chi connectivity index (χ1) is 20.9. The zero-order valence-corrected chi connectivity index (χ0v) is 25.6. The summed E-state index contributed by atoms with van der Waals surface area (Å²) >= 11 is 0. The standard InChI is InChI=1S/C34H34F6N2O3/c1-20-8-6-7-9-26(20)27-18-28(22-12-10-21(11-13-22)14-30(43)45-5)41-19-29(27)42(4)31(44)32(2,3)23-15-24(33(35,36)37)17-25(16-23)34(38,39)40/h6-9,12,15-19,21H,10-11,13-14H2,1-5H3. The van der Waals surface area contributed by atoms with Crippen LogP contribution in [0.2, 0.25) is 0 Å². The molecule has 5 nitrogen and oxygen atoms in total. The van der Waals surface area contributed by atoms with Gasteiger partial charge in [-0.05, 0) is 92.5 Å². The maximum atomic E-state index is 14.0. The first kappa shape index (κ1) is 33.7. The number of aromatic nitrogens is 1. The van der Waals surface area contributed by atoms with Crippen LogP contribution in [-0.4, -0.2) is 31.0 Å². The van der Waals surface area contributed by atoms with E-state index >= 15 is 0 Å². The molecule has 0 saturated heterocycles. The van der Waals surface area contributed by atoms with E-state index < -0.39 is 40.4 Å². The monoisotopic (exact) mass is 632 g/mol. The van der Waals surface area contributed by atoms with Crippen LogP contribution in [0.15, 0.2) is 60.8 Å². The number of amides is 1.